The number of phosphoric ester groups is 1. The van der Waals surface area contributed by atoms with Gasteiger partial charge in [0.2, 0.25) is 0 Å². The van der Waals surface area contributed by atoms with Crippen LogP contribution < -0.4 is 4.74 Å². The average Bonchev–Trinajstić information content (AvgIpc) is 2.64. The van der Waals surface area contributed by atoms with Crippen molar-refractivity contribution in [3.63, 3.8) is 0 Å². The molecule has 1 aromatic carbocycles. The van der Waals surface area contributed by atoms with Crippen molar-refractivity contribution in [1.29, 1.82) is 0 Å². The molecule has 1 heterocycles. The minimum absolute atomic E-state index is 0.0649. The molecule has 25 heavy (non-hydrogen) atoms. The van der Waals surface area contributed by atoms with Crippen LogP contribution in [0, 0.1) is 5.92 Å². The predicted octanol–water partition coefficient (Wildman–Crippen LogP) is 4.35. The van der Waals surface area contributed by atoms with E-state index in [1.807, 2.05) is 31.2 Å². The van der Waals surface area contributed by atoms with Gasteiger partial charge in [0.1, 0.15) is 5.75 Å². The maximum absolute atomic E-state index is 12.4. The van der Waals surface area contributed by atoms with Gasteiger partial charge in [0.05, 0.1) is 25.9 Å². The summed E-state index contributed by atoms with van der Waals surface area (Å²) < 4.78 is 39.2. The molecular weight excluding hydrogens is 343 g/mol. The van der Waals surface area contributed by atoms with Gasteiger partial charge in [-0.1, -0.05) is 25.1 Å². The monoisotopic (exact) mass is 370 g/mol. The Balaban J connectivity index is 1.81. The van der Waals surface area contributed by atoms with Gasteiger partial charge in [0.15, 0.2) is 0 Å². The second kappa shape index (κ2) is 9.51. The summed E-state index contributed by atoms with van der Waals surface area (Å²) in [4.78, 5) is 0. The van der Waals surface area contributed by atoms with Crippen LogP contribution in [-0.4, -0.2) is 33.0 Å². The first-order valence-corrected chi connectivity index (χ1v) is 9.81. The number of benzene rings is 1. The molecule has 6 nitrogen and oxygen atoms in total. The largest absolute Gasteiger partial charge is 0.497 e. The van der Waals surface area contributed by atoms with E-state index in [4.69, 9.17) is 23.0 Å². The minimum atomic E-state index is -3.51. The number of rotatable bonds is 9. The van der Waals surface area contributed by atoms with Crippen LogP contribution in [0.2, 0.25) is 0 Å². The molecule has 0 aliphatic carbocycles. The van der Waals surface area contributed by atoms with E-state index in [1.54, 1.807) is 13.2 Å². The second-order valence-electron chi connectivity index (χ2n) is 6.02. The molecular formula is C18H27O6P. The van der Waals surface area contributed by atoms with Crippen molar-refractivity contribution in [3.8, 4) is 5.75 Å². The zero-order valence-electron chi connectivity index (χ0n) is 15.1. The summed E-state index contributed by atoms with van der Waals surface area (Å²) in [7, 11) is -0.537. The Morgan fingerprint density at radius 3 is 2.64 bits per heavy atom. The van der Waals surface area contributed by atoms with Crippen LogP contribution in [0.3, 0.4) is 0 Å². The summed E-state index contributed by atoms with van der Waals surface area (Å²) in [5.41, 5.74) is 1.06. The Kier molecular flexibility index (Phi) is 7.66. The molecule has 2 rings (SSSR count). The fourth-order valence-electron chi connectivity index (χ4n) is 2.56. The fourth-order valence-corrected chi connectivity index (χ4v) is 3.95. The molecule has 0 radical (unpaired) electrons. The zero-order chi connectivity index (χ0) is 18.3. The van der Waals surface area contributed by atoms with Crippen molar-refractivity contribution >= 4 is 7.82 Å². The van der Waals surface area contributed by atoms with Gasteiger partial charge in [-0.15, -0.1) is 6.58 Å². The number of ether oxygens (including phenoxy) is 2. The molecule has 1 fully saturated rings. The van der Waals surface area contributed by atoms with Gasteiger partial charge in [-0.25, -0.2) is 4.57 Å². The molecule has 0 saturated carbocycles. The molecule has 1 aliphatic rings. The summed E-state index contributed by atoms with van der Waals surface area (Å²) >= 11 is 0. The lowest BCUT2D eigenvalue weighted by molar-refractivity contribution is -0.0297. The highest BCUT2D eigenvalue weighted by Crippen LogP contribution is 2.56. The van der Waals surface area contributed by atoms with Gasteiger partial charge in [-0.05, 0) is 24.1 Å². The van der Waals surface area contributed by atoms with E-state index in [1.165, 1.54) is 7.11 Å². The van der Waals surface area contributed by atoms with Gasteiger partial charge in [-0.2, -0.15) is 0 Å². The molecule has 0 N–H and O–H groups in total. The number of hydrogen-bond donors (Lipinski definition) is 0. The van der Waals surface area contributed by atoms with Crippen molar-refractivity contribution in [2.75, 3.05) is 20.8 Å². The van der Waals surface area contributed by atoms with Crippen molar-refractivity contribution in [1.82, 2.24) is 0 Å². The standard InChI is InChI=1S/C18H27O6P/c1-5-14(2)18-12-17(23-25(19,21-4)24-18)10-11-22-13-15-6-8-16(20-3)9-7-15/h5-9,14,17-18H,1,10-13H2,2-4H3/t14-,17-,18+,25?/m0/s1. The van der Waals surface area contributed by atoms with Gasteiger partial charge >= 0.3 is 7.82 Å². The smallest absolute Gasteiger partial charge is 0.475 e. The van der Waals surface area contributed by atoms with E-state index in [-0.39, 0.29) is 18.1 Å². The van der Waals surface area contributed by atoms with E-state index in [0.29, 0.717) is 26.1 Å². The lowest BCUT2D eigenvalue weighted by Gasteiger charge is -2.35. The maximum atomic E-state index is 12.4. The molecule has 1 aromatic rings. The third kappa shape index (κ3) is 5.94. The maximum Gasteiger partial charge on any atom is 0.475 e. The summed E-state index contributed by atoms with van der Waals surface area (Å²) in [5, 5.41) is 0. The van der Waals surface area contributed by atoms with Crippen molar-refractivity contribution in [2.45, 2.75) is 38.6 Å². The summed E-state index contributed by atoms with van der Waals surface area (Å²) in [5.74, 6) is 0.882. The molecule has 7 heteroatoms. The van der Waals surface area contributed by atoms with Crippen LogP contribution in [0.5, 0.6) is 5.75 Å². The van der Waals surface area contributed by atoms with E-state index >= 15 is 0 Å². The molecule has 4 atom stereocenters. The number of methoxy groups -OCH3 is 1. The van der Waals surface area contributed by atoms with Crippen LogP contribution in [-0.2, 0) is 29.5 Å². The molecule has 0 aromatic heterocycles. The highest BCUT2D eigenvalue weighted by Gasteiger charge is 2.40. The lowest BCUT2D eigenvalue weighted by atomic mass is 9.98. The van der Waals surface area contributed by atoms with E-state index in [0.717, 1.165) is 11.3 Å². The minimum Gasteiger partial charge on any atom is -0.497 e. The van der Waals surface area contributed by atoms with Crippen LogP contribution in [0.25, 0.3) is 0 Å². The average molecular weight is 370 g/mol. The molecule has 1 unspecified atom stereocenters. The first-order valence-electron chi connectivity index (χ1n) is 8.35. The van der Waals surface area contributed by atoms with E-state index in [2.05, 4.69) is 6.58 Å². The van der Waals surface area contributed by atoms with Crippen LogP contribution in [0.15, 0.2) is 36.9 Å². The Hall–Kier alpha value is -1.17. The molecule has 1 aliphatic heterocycles. The first kappa shape index (κ1) is 20.1. The molecule has 0 amide bonds. The SMILES string of the molecule is C=C[C@H](C)[C@H]1C[C@H](CCOCc2ccc(OC)cc2)OP(=O)(OC)O1. The van der Waals surface area contributed by atoms with Gasteiger partial charge < -0.3 is 9.47 Å². The van der Waals surface area contributed by atoms with Crippen molar-refractivity contribution < 1.29 is 27.6 Å². The highest BCUT2D eigenvalue weighted by molar-refractivity contribution is 7.48. The van der Waals surface area contributed by atoms with Crippen LogP contribution in [0.4, 0.5) is 0 Å². The van der Waals surface area contributed by atoms with Crippen molar-refractivity contribution in [3.05, 3.63) is 42.5 Å². The predicted molar refractivity (Wildman–Crippen MR) is 95.6 cm³/mol. The van der Waals surface area contributed by atoms with Gasteiger partial charge in [-0.3, -0.25) is 13.6 Å². The number of hydrogen-bond acceptors (Lipinski definition) is 6. The fraction of sp³-hybridized carbons (Fsp3) is 0.556. The topological polar surface area (TPSA) is 63.2 Å². The molecule has 0 spiro atoms. The summed E-state index contributed by atoms with van der Waals surface area (Å²) in [6.45, 7) is 6.74. The quantitative estimate of drug-likeness (QED) is 0.366. The lowest BCUT2D eigenvalue weighted by Crippen LogP contribution is -2.33. The van der Waals surface area contributed by atoms with Crippen LogP contribution in [0.1, 0.15) is 25.3 Å². The van der Waals surface area contributed by atoms with Crippen molar-refractivity contribution in [2.24, 2.45) is 5.92 Å². The molecule has 0 bridgehead atoms. The summed E-state index contributed by atoms with van der Waals surface area (Å²) in [6.07, 6.45) is 2.57. The van der Waals surface area contributed by atoms with Crippen LogP contribution >= 0.6 is 7.82 Å². The normalized spacial score (nSPS) is 27.6. The number of phosphoric acid groups is 1. The third-order valence-electron chi connectivity index (χ3n) is 4.23. The Morgan fingerprint density at radius 2 is 2.04 bits per heavy atom. The highest BCUT2D eigenvalue weighted by atomic mass is 31.2. The van der Waals surface area contributed by atoms with E-state index in [9.17, 15) is 4.57 Å². The van der Waals surface area contributed by atoms with Gasteiger partial charge in [0, 0.05) is 26.1 Å². The Morgan fingerprint density at radius 1 is 1.32 bits per heavy atom. The van der Waals surface area contributed by atoms with E-state index < -0.39 is 7.82 Å². The third-order valence-corrected chi connectivity index (χ3v) is 5.76. The Bertz CT molecular complexity index is 588. The second-order valence-corrected chi connectivity index (χ2v) is 7.70. The first-order chi connectivity index (χ1) is 12.0. The Labute approximate surface area is 149 Å². The van der Waals surface area contributed by atoms with Gasteiger partial charge in [0.25, 0.3) is 0 Å². The zero-order valence-corrected chi connectivity index (χ0v) is 15.9. The molecule has 140 valence electrons. The summed E-state index contributed by atoms with van der Waals surface area (Å²) in [6, 6.07) is 7.72. The molecule has 1 saturated heterocycles.